The van der Waals surface area contributed by atoms with E-state index in [9.17, 15) is 9.59 Å². The van der Waals surface area contributed by atoms with E-state index in [2.05, 4.69) is 10.6 Å². The average Bonchev–Trinajstić information content (AvgIpc) is 2.68. The van der Waals surface area contributed by atoms with Gasteiger partial charge in [0.05, 0.1) is 12.8 Å². The van der Waals surface area contributed by atoms with Gasteiger partial charge in [0.2, 0.25) is 11.8 Å². The minimum absolute atomic E-state index is 0.342. The van der Waals surface area contributed by atoms with E-state index >= 15 is 0 Å². The van der Waals surface area contributed by atoms with Crippen LogP contribution in [0.4, 0.5) is 11.4 Å². The number of methoxy groups -OCH3 is 1. The van der Waals surface area contributed by atoms with Gasteiger partial charge in [-0.2, -0.15) is 0 Å². The highest BCUT2D eigenvalue weighted by Gasteiger charge is 2.37. The van der Waals surface area contributed by atoms with E-state index in [-0.39, 0.29) is 5.91 Å². The fourth-order valence-corrected chi connectivity index (χ4v) is 2.80. The second-order valence-electron chi connectivity index (χ2n) is 6.89. The molecule has 0 saturated carbocycles. The molecule has 0 bridgehead atoms. The third-order valence-corrected chi connectivity index (χ3v) is 4.73. The molecule has 0 radical (unpaired) electrons. The molecular weight excluding hydrogens is 340 g/mol. The molecule has 2 amide bonds. The van der Waals surface area contributed by atoms with Crippen LogP contribution in [0.2, 0.25) is 0 Å². The molecule has 2 aromatic rings. The number of anilines is 2. The number of hydrogen-bond donors (Lipinski definition) is 2. The molecule has 2 aromatic carbocycles. The molecule has 0 fully saturated rings. The highest BCUT2D eigenvalue weighted by molar-refractivity contribution is 6.14. The molecule has 0 aliphatic rings. The summed E-state index contributed by atoms with van der Waals surface area (Å²) in [6, 6.07) is 13.1. The second-order valence-corrected chi connectivity index (χ2v) is 6.89. The first-order valence-corrected chi connectivity index (χ1v) is 9.21. The van der Waals surface area contributed by atoms with Gasteiger partial charge in [-0.3, -0.25) is 9.59 Å². The molecular formula is C22H28N2O3. The fraction of sp³-hybridized carbons (Fsp3) is 0.364. The van der Waals surface area contributed by atoms with Crippen LogP contribution < -0.4 is 15.4 Å². The zero-order valence-corrected chi connectivity index (χ0v) is 16.7. The van der Waals surface area contributed by atoms with E-state index in [1.54, 1.807) is 32.0 Å². The zero-order chi connectivity index (χ0) is 20.0. The number of para-hydroxylation sites is 3. The molecule has 0 heterocycles. The molecule has 144 valence electrons. The molecule has 0 aliphatic heterocycles. The number of aryl methyl sites for hydroxylation is 2. The number of rotatable bonds is 7. The van der Waals surface area contributed by atoms with Gasteiger partial charge < -0.3 is 15.4 Å². The normalized spacial score (nSPS) is 11.0. The van der Waals surface area contributed by atoms with Crippen molar-refractivity contribution in [2.24, 2.45) is 5.41 Å². The number of carbonyl (C=O) groups excluding carboxylic acids is 2. The molecule has 0 saturated heterocycles. The summed E-state index contributed by atoms with van der Waals surface area (Å²) in [6.07, 6.45) is 1.61. The summed E-state index contributed by atoms with van der Waals surface area (Å²) < 4.78 is 5.26. The number of amides is 2. The van der Waals surface area contributed by atoms with Crippen LogP contribution in [-0.2, 0) is 22.4 Å². The Morgan fingerprint density at radius 1 is 0.889 bits per heavy atom. The van der Waals surface area contributed by atoms with Gasteiger partial charge in [0.25, 0.3) is 0 Å². The van der Waals surface area contributed by atoms with E-state index in [4.69, 9.17) is 4.74 Å². The minimum Gasteiger partial charge on any atom is -0.495 e. The Labute approximate surface area is 161 Å². The summed E-state index contributed by atoms with van der Waals surface area (Å²) >= 11 is 0. The molecule has 0 aromatic heterocycles. The molecule has 2 N–H and O–H groups in total. The van der Waals surface area contributed by atoms with E-state index in [1.165, 1.54) is 7.11 Å². The van der Waals surface area contributed by atoms with E-state index in [1.807, 2.05) is 38.1 Å². The van der Waals surface area contributed by atoms with Gasteiger partial charge >= 0.3 is 0 Å². The summed E-state index contributed by atoms with van der Waals surface area (Å²) in [5, 5.41) is 5.79. The Balaban J connectivity index is 2.23. The van der Waals surface area contributed by atoms with Crippen LogP contribution in [0.15, 0.2) is 42.5 Å². The van der Waals surface area contributed by atoms with E-state index in [0.29, 0.717) is 11.4 Å². The molecule has 0 unspecified atom stereocenters. The second kappa shape index (κ2) is 8.71. The van der Waals surface area contributed by atoms with Gasteiger partial charge in [-0.1, -0.05) is 44.2 Å². The van der Waals surface area contributed by atoms with Crippen molar-refractivity contribution < 1.29 is 14.3 Å². The predicted molar refractivity (Wildman–Crippen MR) is 109 cm³/mol. The number of benzene rings is 2. The van der Waals surface area contributed by atoms with Gasteiger partial charge in [-0.05, 0) is 49.9 Å². The molecule has 5 heteroatoms. The maximum atomic E-state index is 13.0. The summed E-state index contributed by atoms with van der Waals surface area (Å²) in [6.45, 7) is 7.33. The standard InChI is InChI=1S/C22H28N2O3/c1-6-15-11-10-12-16(7-2)19(15)24-21(26)22(3,4)20(25)23-17-13-8-9-14-18(17)27-5/h8-14H,6-7H2,1-5H3,(H,23,25)(H,24,26). The van der Waals surface area contributed by atoms with Crippen LogP contribution in [-0.4, -0.2) is 18.9 Å². The predicted octanol–water partition coefficient (Wildman–Crippen LogP) is 4.42. The maximum Gasteiger partial charge on any atom is 0.239 e. The summed E-state index contributed by atoms with van der Waals surface area (Å²) in [7, 11) is 1.54. The summed E-state index contributed by atoms with van der Waals surface area (Å²) in [4.78, 5) is 25.8. The largest absolute Gasteiger partial charge is 0.495 e. The lowest BCUT2D eigenvalue weighted by Gasteiger charge is -2.25. The summed E-state index contributed by atoms with van der Waals surface area (Å²) in [5.41, 5.74) is 2.21. The van der Waals surface area contributed by atoms with Crippen molar-refractivity contribution in [3.8, 4) is 5.75 Å². The van der Waals surface area contributed by atoms with Gasteiger partial charge in [0.1, 0.15) is 11.2 Å². The Morgan fingerprint density at radius 3 is 2.00 bits per heavy atom. The highest BCUT2D eigenvalue weighted by Crippen LogP contribution is 2.29. The van der Waals surface area contributed by atoms with Crippen LogP contribution in [0.1, 0.15) is 38.8 Å². The van der Waals surface area contributed by atoms with Crippen molar-refractivity contribution >= 4 is 23.2 Å². The quantitative estimate of drug-likeness (QED) is 0.711. The first-order chi connectivity index (χ1) is 12.8. The number of ether oxygens (including phenoxy) is 1. The zero-order valence-electron chi connectivity index (χ0n) is 16.7. The summed E-state index contributed by atoms with van der Waals surface area (Å²) in [5.74, 6) is -0.186. The van der Waals surface area contributed by atoms with Gasteiger partial charge in [-0.25, -0.2) is 0 Å². The van der Waals surface area contributed by atoms with Crippen LogP contribution in [0, 0.1) is 5.41 Å². The Kier molecular flexibility index (Phi) is 6.61. The molecule has 2 rings (SSSR count). The van der Waals surface area contributed by atoms with Crippen LogP contribution in [0.5, 0.6) is 5.75 Å². The van der Waals surface area contributed by atoms with Gasteiger partial charge in [0.15, 0.2) is 0 Å². The third-order valence-electron chi connectivity index (χ3n) is 4.73. The maximum absolute atomic E-state index is 13.0. The third kappa shape index (κ3) is 4.48. The Bertz CT molecular complexity index is 806. The van der Waals surface area contributed by atoms with Crippen molar-refractivity contribution in [3.05, 3.63) is 53.6 Å². The van der Waals surface area contributed by atoms with Crippen LogP contribution in [0.3, 0.4) is 0 Å². The molecule has 0 aliphatic carbocycles. The van der Waals surface area contributed by atoms with Crippen molar-refractivity contribution in [1.29, 1.82) is 0 Å². The van der Waals surface area contributed by atoms with Crippen LogP contribution in [0.25, 0.3) is 0 Å². The topological polar surface area (TPSA) is 67.4 Å². The van der Waals surface area contributed by atoms with E-state index in [0.717, 1.165) is 29.7 Å². The van der Waals surface area contributed by atoms with Crippen molar-refractivity contribution in [1.82, 2.24) is 0 Å². The minimum atomic E-state index is -1.26. The smallest absolute Gasteiger partial charge is 0.239 e. The Hall–Kier alpha value is -2.82. The lowest BCUT2D eigenvalue weighted by Crippen LogP contribution is -2.42. The molecule has 5 nitrogen and oxygen atoms in total. The number of carbonyl (C=O) groups is 2. The van der Waals surface area contributed by atoms with Crippen LogP contribution >= 0.6 is 0 Å². The van der Waals surface area contributed by atoms with E-state index < -0.39 is 11.3 Å². The van der Waals surface area contributed by atoms with Gasteiger partial charge in [-0.15, -0.1) is 0 Å². The molecule has 0 atom stereocenters. The average molecular weight is 368 g/mol. The first-order valence-electron chi connectivity index (χ1n) is 9.21. The number of hydrogen-bond acceptors (Lipinski definition) is 3. The molecule has 27 heavy (non-hydrogen) atoms. The highest BCUT2D eigenvalue weighted by atomic mass is 16.5. The molecule has 0 spiro atoms. The lowest BCUT2D eigenvalue weighted by molar-refractivity contribution is -0.135. The lowest BCUT2D eigenvalue weighted by atomic mass is 9.90. The van der Waals surface area contributed by atoms with Crippen molar-refractivity contribution in [3.63, 3.8) is 0 Å². The first kappa shape index (κ1) is 20.5. The SMILES string of the molecule is CCc1cccc(CC)c1NC(=O)C(C)(C)C(=O)Nc1ccccc1OC. The van der Waals surface area contributed by atoms with Crippen molar-refractivity contribution in [2.45, 2.75) is 40.5 Å². The van der Waals surface area contributed by atoms with Crippen molar-refractivity contribution in [2.75, 3.05) is 17.7 Å². The fourth-order valence-electron chi connectivity index (χ4n) is 2.80. The number of nitrogens with one attached hydrogen (secondary N) is 2. The monoisotopic (exact) mass is 368 g/mol. The van der Waals surface area contributed by atoms with Gasteiger partial charge in [0, 0.05) is 5.69 Å². The Morgan fingerprint density at radius 2 is 1.44 bits per heavy atom.